The fourth-order valence-electron chi connectivity index (χ4n) is 2.22. The van der Waals surface area contributed by atoms with Gasteiger partial charge in [0.05, 0.1) is 0 Å². The first-order valence-electron chi connectivity index (χ1n) is 7.79. The molecule has 0 aliphatic heterocycles. The minimum absolute atomic E-state index is 0.0831. The quantitative estimate of drug-likeness (QED) is 0.589. The number of nitrogens with one attached hydrogen (secondary N) is 2. The van der Waals surface area contributed by atoms with Gasteiger partial charge in [-0.1, -0.05) is 12.1 Å². The summed E-state index contributed by atoms with van der Waals surface area (Å²) in [7, 11) is 0. The van der Waals surface area contributed by atoms with Gasteiger partial charge >= 0.3 is 0 Å². The lowest BCUT2D eigenvalue weighted by Gasteiger charge is -2.21. The van der Waals surface area contributed by atoms with Crippen LogP contribution < -0.4 is 16.4 Å². The summed E-state index contributed by atoms with van der Waals surface area (Å²) >= 11 is 0. The van der Waals surface area contributed by atoms with Gasteiger partial charge < -0.3 is 21.2 Å². The molecule has 2 atom stereocenters. The number of carbonyl (C=O) groups is 4. The number of halogens is 1. The molecule has 136 valence electrons. The molecule has 1 rings (SSSR count). The molecule has 0 fully saturated rings. The van der Waals surface area contributed by atoms with E-state index in [1.165, 1.54) is 38.1 Å². The fraction of sp³-hybridized carbons (Fsp3) is 0.412. The normalized spacial score (nSPS) is 12.8. The second kappa shape index (κ2) is 9.51. The fourth-order valence-corrected chi connectivity index (χ4v) is 2.22. The lowest BCUT2D eigenvalue weighted by Crippen LogP contribution is -2.53. The van der Waals surface area contributed by atoms with Gasteiger partial charge in [0.1, 0.15) is 23.7 Å². The molecule has 25 heavy (non-hydrogen) atoms. The van der Waals surface area contributed by atoms with E-state index in [1.54, 1.807) is 0 Å². The molecule has 0 bridgehead atoms. The monoisotopic (exact) mass is 351 g/mol. The SMILES string of the molecule is CC(=O)CC[C@@H](NC(=O)[C@@H](Cc1ccc(F)cc1)NC(C)=O)C(N)=O. The van der Waals surface area contributed by atoms with Crippen LogP contribution in [0.1, 0.15) is 32.3 Å². The first-order chi connectivity index (χ1) is 11.7. The molecule has 1 aromatic rings. The molecule has 0 aromatic heterocycles. The molecule has 0 unspecified atom stereocenters. The molecule has 0 radical (unpaired) electrons. The van der Waals surface area contributed by atoms with Gasteiger partial charge in [-0.25, -0.2) is 4.39 Å². The molecule has 0 saturated carbocycles. The van der Waals surface area contributed by atoms with E-state index in [4.69, 9.17) is 5.73 Å². The van der Waals surface area contributed by atoms with Crippen LogP contribution in [0.15, 0.2) is 24.3 Å². The van der Waals surface area contributed by atoms with Crippen molar-refractivity contribution in [3.05, 3.63) is 35.6 Å². The molecule has 1 aromatic carbocycles. The van der Waals surface area contributed by atoms with Crippen molar-refractivity contribution in [2.24, 2.45) is 5.73 Å². The van der Waals surface area contributed by atoms with Gasteiger partial charge in [0, 0.05) is 19.8 Å². The lowest BCUT2D eigenvalue weighted by molar-refractivity contribution is -0.131. The van der Waals surface area contributed by atoms with Crippen molar-refractivity contribution in [3.8, 4) is 0 Å². The number of benzene rings is 1. The summed E-state index contributed by atoms with van der Waals surface area (Å²) in [6.07, 6.45) is 0.292. The number of rotatable bonds is 9. The van der Waals surface area contributed by atoms with Gasteiger partial charge in [0.15, 0.2) is 0 Å². The number of ketones is 1. The second-order valence-electron chi connectivity index (χ2n) is 5.79. The topological polar surface area (TPSA) is 118 Å². The number of carbonyl (C=O) groups excluding carboxylic acids is 4. The van der Waals surface area contributed by atoms with Crippen LogP contribution in [0.5, 0.6) is 0 Å². The van der Waals surface area contributed by atoms with Crippen molar-refractivity contribution in [3.63, 3.8) is 0 Å². The molecule has 7 nitrogen and oxygen atoms in total. The molecule has 0 saturated heterocycles. The van der Waals surface area contributed by atoms with Crippen molar-refractivity contribution in [2.45, 2.75) is 45.2 Å². The van der Waals surface area contributed by atoms with Crippen LogP contribution in [0.4, 0.5) is 4.39 Å². The number of hydrogen-bond donors (Lipinski definition) is 3. The summed E-state index contributed by atoms with van der Waals surface area (Å²) in [5, 5.41) is 4.94. The van der Waals surface area contributed by atoms with E-state index < -0.39 is 35.6 Å². The summed E-state index contributed by atoms with van der Waals surface area (Å²) in [6.45, 7) is 2.63. The van der Waals surface area contributed by atoms with Crippen LogP contribution >= 0.6 is 0 Å². The van der Waals surface area contributed by atoms with E-state index in [1.807, 2.05) is 0 Å². The number of Topliss-reactive ketones (excluding diaryl/α,β-unsaturated/α-hetero) is 1. The number of hydrogen-bond acceptors (Lipinski definition) is 4. The Labute approximate surface area is 145 Å². The predicted molar refractivity (Wildman–Crippen MR) is 88.7 cm³/mol. The summed E-state index contributed by atoms with van der Waals surface area (Å²) in [4.78, 5) is 46.3. The zero-order chi connectivity index (χ0) is 19.0. The van der Waals surface area contributed by atoms with Gasteiger partial charge in [-0.3, -0.25) is 14.4 Å². The first-order valence-corrected chi connectivity index (χ1v) is 7.79. The van der Waals surface area contributed by atoms with Crippen molar-refractivity contribution < 1.29 is 23.6 Å². The maximum atomic E-state index is 13.0. The third kappa shape index (κ3) is 7.56. The highest BCUT2D eigenvalue weighted by molar-refractivity contribution is 5.91. The Kier molecular flexibility index (Phi) is 7.71. The van der Waals surface area contributed by atoms with Crippen LogP contribution in [-0.4, -0.2) is 35.6 Å². The van der Waals surface area contributed by atoms with E-state index in [0.717, 1.165) is 0 Å². The Morgan fingerprint density at radius 2 is 1.64 bits per heavy atom. The highest BCUT2D eigenvalue weighted by atomic mass is 19.1. The Bertz CT molecular complexity index is 646. The molecular formula is C17H22FN3O4. The zero-order valence-corrected chi connectivity index (χ0v) is 14.2. The average Bonchev–Trinajstić information content (AvgIpc) is 2.51. The van der Waals surface area contributed by atoms with E-state index in [-0.39, 0.29) is 25.0 Å². The Balaban J connectivity index is 2.83. The number of primary amides is 1. The minimum Gasteiger partial charge on any atom is -0.368 e. The number of amides is 3. The highest BCUT2D eigenvalue weighted by Crippen LogP contribution is 2.07. The molecule has 3 amide bonds. The molecule has 0 heterocycles. The predicted octanol–water partition coefficient (Wildman–Crippen LogP) is 0.212. The van der Waals surface area contributed by atoms with Crippen molar-refractivity contribution in [2.75, 3.05) is 0 Å². The Morgan fingerprint density at radius 1 is 1.04 bits per heavy atom. The summed E-state index contributed by atoms with van der Waals surface area (Å²) < 4.78 is 13.0. The molecule has 8 heteroatoms. The zero-order valence-electron chi connectivity index (χ0n) is 14.2. The van der Waals surface area contributed by atoms with Gasteiger partial charge in [0.25, 0.3) is 0 Å². The van der Waals surface area contributed by atoms with Crippen LogP contribution in [0, 0.1) is 5.82 Å². The van der Waals surface area contributed by atoms with Crippen molar-refractivity contribution in [1.29, 1.82) is 0 Å². The second-order valence-corrected chi connectivity index (χ2v) is 5.79. The van der Waals surface area contributed by atoms with E-state index in [0.29, 0.717) is 5.56 Å². The van der Waals surface area contributed by atoms with E-state index >= 15 is 0 Å². The van der Waals surface area contributed by atoms with Gasteiger partial charge in [-0.05, 0) is 31.0 Å². The van der Waals surface area contributed by atoms with E-state index in [9.17, 15) is 23.6 Å². The van der Waals surface area contributed by atoms with E-state index in [2.05, 4.69) is 10.6 Å². The third-order valence-corrected chi connectivity index (χ3v) is 3.49. The molecule has 0 aliphatic carbocycles. The highest BCUT2D eigenvalue weighted by Gasteiger charge is 2.25. The van der Waals surface area contributed by atoms with Gasteiger partial charge in [-0.15, -0.1) is 0 Å². The third-order valence-electron chi connectivity index (χ3n) is 3.49. The van der Waals surface area contributed by atoms with Crippen LogP contribution in [-0.2, 0) is 25.6 Å². The molecule has 4 N–H and O–H groups in total. The first kappa shape index (κ1) is 20.3. The largest absolute Gasteiger partial charge is 0.368 e. The lowest BCUT2D eigenvalue weighted by atomic mass is 10.0. The molecule has 0 spiro atoms. The number of nitrogens with two attached hydrogens (primary N) is 1. The van der Waals surface area contributed by atoms with Crippen molar-refractivity contribution >= 4 is 23.5 Å². The van der Waals surface area contributed by atoms with Crippen LogP contribution in [0.3, 0.4) is 0 Å². The Morgan fingerprint density at radius 3 is 2.12 bits per heavy atom. The standard InChI is InChI=1S/C17H22FN3O4/c1-10(22)3-8-14(16(19)24)21-17(25)15(20-11(2)23)9-12-4-6-13(18)7-5-12/h4-7,14-15H,3,8-9H2,1-2H3,(H2,19,24)(H,20,23)(H,21,25)/t14-,15-/m1/s1. The summed E-state index contributed by atoms with van der Waals surface area (Å²) in [5.41, 5.74) is 5.88. The Hall–Kier alpha value is -2.77. The molecular weight excluding hydrogens is 329 g/mol. The van der Waals surface area contributed by atoms with Crippen LogP contribution in [0.25, 0.3) is 0 Å². The molecule has 0 aliphatic rings. The van der Waals surface area contributed by atoms with Crippen LogP contribution in [0.2, 0.25) is 0 Å². The maximum Gasteiger partial charge on any atom is 0.243 e. The summed E-state index contributed by atoms with van der Waals surface area (Å²) in [6, 6.07) is 3.52. The average molecular weight is 351 g/mol. The summed E-state index contributed by atoms with van der Waals surface area (Å²) in [5.74, 6) is -2.35. The minimum atomic E-state index is -1.01. The van der Waals surface area contributed by atoms with Gasteiger partial charge in [-0.2, -0.15) is 0 Å². The van der Waals surface area contributed by atoms with Crippen molar-refractivity contribution in [1.82, 2.24) is 10.6 Å². The maximum absolute atomic E-state index is 13.0. The van der Waals surface area contributed by atoms with Gasteiger partial charge in [0.2, 0.25) is 17.7 Å². The smallest absolute Gasteiger partial charge is 0.243 e.